The maximum Gasteiger partial charge on any atom is 0.258 e. The molecule has 1 saturated heterocycles. The first-order chi connectivity index (χ1) is 14.4. The number of hydrogen-bond donors (Lipinski definition) is 2. The second kappa shape index (κ2) is 10.1. The van der Waals surface area contributed by atoms with Crippen LogP contribution in [0.4, 0.5) is 14.5 Å². The van der Waals surface area contributed by atoms with Gasteiger partial charge in [-0.1, -0.05) is 12.1 Å². The molecule has 0 aromatic heterocycles. The molecular weight excluding hydrogens is 416 g/mol. The van der Waals surface area contributed by atoms with Crippen molar-refractivity contribution in [3.05, 3.63) is 59.7 Å². The molecule has 0 atom stereocenters. The summed E-state index contributed by atoms with van der Waals surface area (Å²) in [7, 11) is -3.90. The van der Waals surface area contributed by atoms with Gasteiger partial charge in [0, 0.05) is 19.6 Å². The first-order valence-corrected chi connectivity index (χ1v) is 11.0. The number of halogens is 2. The number of sulfonamides is 1. The highest BCUT2D eigenvalue weighted by Gasteiger charge is 2.18. The first-order valence-electron chi connectivity index (χ1n) is 9.52. The van der Waals surface area contributed by atoms with Crippen molar-refractivity contribution >= 4 is 21.6 Å². The zero-order chi connectivity index (χ0) is 21.6. The molecule has 3 rings (SSSR count). The largest absolute Gasteiger partial charge is 0.379 e. The van der Waals surface area contributed by atoms with E-state index in [1.165, 1.54) is 24.3 Å². The van der Waals surface area contributed by atoms with Crippen LogP contribution in [0.5, 0.6) is 0 Å². The molecule has 0 unspecified atom stereocenters. The minimum Gasteiger partial charge on any atom is -0.379 e. The predicted octanol–water partition coefficient (Wildman–Crippen LogP) is 2.22. The van der Waals surface area contributed by atoms with Crippen LogP contribution in [0.2, 0.25) is 0 Å². The van der Waals surface area contributed by atoms with Gasteiger partial charge in [-0.2, -0.15) is 0 Å². The van der Waals surface area contributed by atoms with Gasteiger partial charge in [0.05, 0.1) is 29.4 Å². The van der Waals surface area contributed by atoms with Gasteiger partial charge in [-0.25, -0.2) is 21.9 Å². The highest BCUT2D eigenvalue weighted by Crippen LogP contribution is 2.20. The molecule has 0 radical (unpaired) electrons. The number of nitrogens with zero attached hydrogens (tertiary/aromatic N) is 1. The molecular formula is C20H23F2N3O4S. The van der Waals surface area contributed by atoms with Gasteiger partial charge in [-0.15, -0.1) is 0 Å². The average molecular weight is 439 g/mol. The van der Waals surface area contributed by atoms with E-state index in [-0.39, 0.29) is 22.7 Å². The van der Waals surface area contributed by atoms with E-state index in [2.05, 4.69) is 14.9 Å². The minimum atomic E-state index is -3.90. The maximum atomic E-state index is 14.4. The third kappa shape index (κ3) is 5.82. The molecule has 2 aromatic rings. The van der Waals surface area contributed by atoms with Gasteiger partial charge in [-0.05, 0) is 43.3 Å². The Labute approximate surface area is 174 Å². The molecule has 0 aliphatic carbocycles. The number of benzene rings is 2. The Morgan fingerprint density at radius 1 is 1.07 bits per heavy atom. The lowest BCUT2D eigenvalue weighted by atomic mass is 10.2. The summed E-state index contributed by atoms with van der Waals surface area (Å²) in [5.41, 5.74) is -0.481. The molecule has 0 spiro atoms. The normalized spacial score (nSPS) is 15.1. The van der Waals surface area contributed by atoms with Gasteiger partial charge in [0.15, 0.2) is 0 Å². The van der Waals surface area contributed by atoms with E-state index in [9.17, 15) is 22.0 Å². The summed E-state index contributed by atoms with van der Waals surface area (Å²) in [6.07, 6.45) is 0.610. The van der Waals surface area contributed by atoms with E-state index in [1.807, 2.05) is 0 Å². The Bertz CT molecular complexity index is 995. The molecule has 30 heavy (non-hydrogen) atoms. The Balaban J connectivity index is 1.58. The van der Waals surface area contributed by atoms with Crippen LogP contribution in [0.15, 0.2) is 47.4 Å². The van der Waals surface area contributed by atoms with E-state index in [0.29, 0.717) is 19.6 Å². The molecule has 10 heteroatoms. The second-order valence-electron chi connectivity index (χ2n) is 6.78. The van der Waals surface area contributed by atoms with Gasteiger partial charge in [0.25, 0.3) is 5.91 Å². The minimum absolute atomic E-state index is 0.215. The van der Waals surface area contributed by atoms with Crippen LogP contribution < -0.4 is 10.0 Å². The fourth-order valence-corrected chi connectivity index (χ4v) is 4.10. The van der Waals surface area contributed by atoms with Crippen molar-refractivity contribution in [2.75, 3.05) is 44.7 Å². The average Bonchev–Trinajstić information content (AvgIpc) is 2.73. The molecule has 1 fully saturated rings. The molecule has 0 saturated carbocycles. The zero-order valence-corrected chi connectivity index (χ0v) is 17.1. The topological polar surface area (TPSA) is 87.7 Å². The first kappa shape index (κ1) is 22.3. The summed E-state index contributed by atoms with van der Waals surface area (Å²) >= 11 is 0. The van der Waals surface area contributed by atoms with Crippen LogP contribution >= 0.6 is 0 Å². The van der Waals surface area contributed by atoms with E-state index in [0.717, 1.165) is 37.8 Å². The number of ether oxygens (including phenoxy) is 1. The van der Waals surface area contributed by atoms with Crippen molar-refractivity contribution in [1.29, 1.82) is 0 Å². The quantitative estimate of drug-likeness (QED) is 0.616. The fraction of sp³-hybridized carbons (Fsp3) is 0.350. The lowest BCUT2D eigenvalue weighted by molar-refractivity contribution is 0.0376. The van der Waals surface area contributed by atoms with Crippen molar-refractivity contribution < 1.29 is 26.7 Å². The molecule has 2 N–H and O–H groups in total. The van der Waals surface area contributed by atoms with Gasteiger partial charge in [0.2, 0.25) is 10.0 Å². The van der Waals surface area contributed by atoms with Crippen molar-refractivity contribution in [2.24, 2.45) is 0 Å². The summed E-state index contributed by atoms with van der Waals surface area (Å²) in [6.45, 7) is 3.93. The molecule has 1 amide bonds. The molecule has 1 aliphatic rings. The number of amides is 1. The summed E-state index contributed by atoms with van der Waals surface area (Å²) < 4.78 is 60.5. The number of rotatable bonds is 8. The monoisotopic (exact) mass is 439 g/mol. The molecule has 7 nitrogen and oxygen atoms in total. The van der Waals surface area contributed by atoms with Crippen LogP contribution in [-0.4, -0.2) is 58.6 Å². The third-order valence-electron chi connectivity index (χ3n) is 4.66. The van der Waals surface area contributed by atoms with Crippen molar-refractivity contribution in [2.45, 2.75) is 11.3 Å². The second-order valence-corrected chi connectivity index (χ2v) is 8.55. The molecule has 2 aromatic carbocycles. The third-order valence-corrected chi connectivity index (χ3v) is 6.12. The number of carbonyl (C=O) groups excluding carboxylic acids is 1. The van der Waals surface area contributed by atoms with Crippen LogP contribution in [0.3, 0.4) is 0 Å². The zero-order valence-electron chi connectivity index (χ0n) is 16.2. The summed E-state index contributed by atoms with van der Waals surface area (Å²) in [6, 6.07) is 8.44. The van der Waals surface area contributed by atoms with Crippen molar-refractivity contribution in [3.63, 3.8) is 0 Å². The summed E-state index contributed by atoms with van der Waals surface area (Å²) in [4.78, 5) is 14.0. The van der Waals surface area contributed by atoms with Gasteiger partial charge >= 0.3 is 0 Å². The van der Waals surface area contributed by atoms with E-state index >= 15 is 0 Å². The van der Waals surface area contributed by atoms with Gasteiger partial charge in [-0.3, -0.25) is 9.69 Å². The van der Waals surface area contributed by atoms with E-state index in [4.69, 9.17) is 4.74 Å². The molecule has 1 heterocycles. The number of anilines is 1. The maximum absolute atomic E-state index is 14.4. The standard InChI is InChI=1S/C20H23F2N3O4S/c21-17-5-2-1-4-16(17)20(26)24-19-7-6-15(14-18(19)22)30(27,28)23-8-3-9-25-10-12-29-13-11-25/h1-2,4-7,14,23H,3,8-13H2,(H,24,26). The lowest BCUT2D eigenvalue weighted by Gasteiger charge is -2.26. The number of hydrogen-bond acceptors (Lipinski definition) is 5. The van der Waals surface area contributed by atoms with Crippen LogP contribution in [0, 0.1) is 11.6 Å². The predicted molar refractivity (Wildman–Crippen MR) is 108 cm³/mol. The highest BCUT2D eigenvalue weighted by molar-refractivity contribution is 7.89. The molecule has 0 bridgehead atoms. The Morgan fingerprint density at radius 3 is 2.50 bits per heavy atom. The summed E-state index contributed by atoms with van der Waals surface area (Å²) in [5.74, 6) is -2.50. The number of morpholine rings is 1. The smallest absolute Gasteiger partial charge is 0.258 e. The summed E-state index contributed by atoms with van der Waals surface area (Å²) in [5, 5.41) is 2.25. The van der Waals surface area contributed by atoms with Gasteiger partial charge in [0.1, 0.15) is 11.6 Å². The van der Waals surface area contributed by atoms with Crippen LogP contribution in [0.1, 0.15) is 16.8 Å². The van der Waals surface area contributed by atoms with E-state index in [1.54, 1.807) is 0 Å². The number of nitrogens with one attached hydrogen (secondary N) is 2. The fourth-order valence-electron chi connectivity index (χ4n) is 3.02. The van der Waals surface area contributed by atoms with Crippen molar-refractivity contribution in [3.8, 4) is 0 Å². The Morgan fingerprint density at radius 2 is 1.80 bits per heavy atom. The van der Waals surface area contributed by atoms with Crippen molar-refractivity contribution in [1.82, 2.24) is 9.62 Å². The van der Waals surface area contributed by atoms with Crippen LogP contribution in [0.25, 0.3) is 0 Å². The SMILES string of the molecule is O=C(Nc1ccc(S(=O)(=O)NCCCN2CCOCC2)cc1F)c1ccccc1F. The Hall–Kier alpha value is -2.40. The van der Waals surface area contributed by atoms with E-state index < -0.39 is 27.6 Å². The highest BCUT2D eigenvalue weighted by atomic mass is 32.2. The van der Waals surface area contributed by atoms with Crippen LogP contribution in [-0.2, 0) is 14.8 Å². The molecule has 162 valence electrons. The van der Waals surface area contributed by atoms with Gasteiger partial charge < -0.3 is 10.1 Å². The number of carbonyl (C=O) groups is 1. The lowest BCUT2D eigenvalue weighted by Crippen LogP contribution is -2.38. The molecule has 1 aliphatic heterocycles. The Kier molecular flexibility index (Phi) is 7.48.